The number of aryl methyl sites for hydroxylation is 1. The van der Waals surface area contributed by atoms with E-state index >= 15 is 0 Å². The molecule has 0 saturated carbocycles. The molecule has 0 aliphatic carbocycles. The number of amides is 1. The average Bonchev–Trinajstić information content (AvgIpc) is 2.61. The number of aromatic nitrogens is 2. The van der Waals surface area contributed by atoms with E-state index in [0.29, 0.717) is 19.0 Å². The Bertz CT molecular complexity index is 332. The number of rotatable bonds is 6. The summed E-state index contributed by atoms with van der Waals surface area (Å²) >= 11 is 0. The number of hydrogen-bond acceptors (Lipinski definition) is 3. The number of nitrogens with zero attached hydrogens (tertiary/aromatic N) is 2. The summed E-state index contributed by atoms with van der Waals surface area (Å²) in [7, 11) is 1.87. The topological polar surface area (TPSA) is 59.0 Å². The first-order valence-electron chi connectivity index (χ1n) is 5.54. The van der Waals surface area contributed by atoms with Crippen molar-refractivity contribution in [3.8, 4) is 0 Å². The minimum absolute atomic E-state index is 0.0321. The first-order valence-corrected chi connectivity index (χ1v) is 5.54. The van der Waals surface area contributed by atoms with Crippen LogP contribution in [0.3, 0.4) is 0 Å². The highest BCUT2D eigenvalue weighted by atomic mass is 16.1. The second-order valence-corrected chi connectivity index (χ2v) is 4.28. The Morgan fingerprint density at radius 2 is 2.31 bits per heavy atom. The zero-order valence-electron chi connectivity index (χ0n) is 10.2. The molecule has 0 fully saturated rings. The van der Waals surface area contributed by atoms with Crippen LogP contribution in [0.2, 0.25) is 0 Å². The van der Waals surface area contributed by atoms with Crippen molar-refractivity contribution >= 4 is 5.91 Å². The predicted molar refractivity (Wildman–Crippen MR) is 62.8 cm³/mol. The number of carbonyl (C=O) groups is 1. The van der Waals surface area contributed by atoms with E-state index in [-0.39, 0.29) is 5.91 Å². The first-order chi connectivity index (χ1) is 7.58. The Morgan fingerprint density at radius 3 is 2.88 bits per heavy atom. The van der Waals surface area contributed by atoms with Gasteiger partial charge in [-0.3, -0.25) is 9.48 Å². The molecule has 1 rings (SSSR count). The van der Waals surface area contributed by atoms with E-state index in [0.717, 1.165) is 12.2 Å². The van der Waals surface area contributed by atoms with Crippen LogP contribution in [0.4, 0.5) is 0 Å². The third kappa shape index (κ3) is 4.93. The lowest BCUT2D eigenvalue weighted by Crippen LogP contribution is -2.35. The van der Waals surface area contributed by atoms with Gasteiger partial charge in [0.2, 0.25) is 5.91 Å². The molecule has 0 atom stereocenters. The van der Waals surface area contributed by atoms with Gasteiger partial charge < -0.3 is 10.6 Å². The lowest BCUT2D eigenvalue weighted by molar-refractivity contribution is -0.120. The Labute approximate surface area is 96.2 Å². The molecule has 0 radical (unpaired) electrons. The standard InChI is InChI=1S/C11H20N4O/c1-9(2)6-13-11(16)8-12-7-10-4-5-15(3)14-10/h4-5,9,12H,6-8H2,1-3H3,(H,13,16). The summed E-state index contributed by atoms with van der Waals surface area (Å²) < 4.78 is 1.75. The van der Waals surface area contributed by atoms with Crippen LogP contribution in [0, 0.1) is 5.92 Å². The van der Waals surface area contributed by atoms with Gasteiger partial charge in [0, 0.05) is 26.3 Å². The molecule has 2 N–H and O–H groups in total. The highest BCUT2D eigenvalue weighted by Gasteiger charge is 2.02. The van der Waals surface area contributed by atoms with E-state index < -0.39 is 0 Å². The summed E-state index contributed by atoms with van der Waals surface area (Å²) in [6.45, 7) is 5.83. The monoisotopic (exact) mass is 224 g/mol. The second kappa shape index (κ2) is 6.27. The average molecular weight is 224 g/mol. The third-order valence-electron chi connectivity index (χ3n) is 2.07. The van der Waals surface area contributed by atoms with Crippen LogP contribution in [0.1, 0.15) is 19.5 Å². The minimum atomic E-state index is 0.0321. The van der Waals surface area contributed by atoms with Crippen LogP contribution >= 0.6 is 0 Å². The van der Waals surface area contributed by atoms with Crippen LogP contribution in [0.5, 0.6) is 0 Å². The van der Waals surface area contributed by atoms with Gasteiger partial charge in [0.15, 0.2) is 0 Å². The molecule has 0 bridgehead atoms. The normalized spacial score (nSPS) is 10.8. The van der Waals surface area contributed by atoms with E-state index in [1.807, 2.05) is 19.3 Å². The van der Waals surface area contributed by atoms with E-state index in [9.17, 15) is 4.79 Å². The maximum atomic E-state index is 11.3. The molecule has 1 aromatic rings. The quantitative estimate of drug-likeness (QED) is 0.730. The van der Waals surface area contributed by atoms with Crippen LogP contribution in [-0.4, -0.2) is 28.8 Å². The Balaban J connectivity index is 2.13. The molecule has 5 heteroatoms. The SMILES string of the molecule is CC(C)CNC(=O)CNCc1ccn(C)n1. The highest BCUT2D eigenvalue weighted by Crippen LogP contribution is 1.92. The van der Waals surface area contributed by atoms with Crippen molar-refractivity contribution in [2.75, 3.05) is 13.1 Å². The van der Waals surface area contributed by atoms with Gasteiger partial charge in [0.1, 0.15) is 0 Å². The largest absolute Gasteiger partial charge is 0.355 e. The second-order valence-electron chi connectivity index (χ2n) is 4.28. The summed E-state index contributed by atoms with van der Waals surface area (Å²) in [6.07, 6.45) is 1.88. The maximum Gasteiger partial charge on any atom is 0.233 e. The Hall–Kier alpha value is -1.36. The van der Waals surface area contributed by atoms with Crippen molar-refractivity contribution in [2.24, 2.45) is 13.0 Å². The van der Waals surface area contributed by atoms with Gasteiger partial charge in [-0.2, -0.15) is 5.10 Å². The molecule has 0 aliphatic rings. The number of hydrogen-bond donors (Lipinski definition) is 2. The van der Waals surface area contributed by atoms with Crippen molar-refractivity contribution in [3.05, 3.63) is 18.0 Å². The summed E-state index contributed by atoms with van der Waals surface area (Å²) in [5.74, 6) is 0.518. The third-order valence-corrected chi connectivity index (χ3v) is 2.07. The fourth-order valence-electron chi connectivity index (χ4n) is 1.24. The molecule has 0 aliphatic heterocycles. The molecule has 90 valence electrons. The van der Waals surface area contributed by atoms with Gasteiger partial charge in [0.25, 0.3) is 0 Å². The van der Waals surface area contributed by atoms with Crippen LogP contribution in [0.25, 0.3) is 0 Å². The van der Waals surface area contributed by atoms with E-state index in [1.165, 1.54) is 0 Å². The van der Waals surface area contributed by atoms with Crippen LogP contribution < -0.4 is 10.6 Å². The zero-order chi connectivity index (χ0) is 12.0. The predicted octanol–water partition coefficient (Wildman–Crippen LogP) is 0.282. The summed E-state index contributed by atoms with van der Waals surface area (Å²) in [6, 6.07) is 1.93. The number of carbonyl (C=O) groups excluding carboxylic acids is 1. The van der Waals surface area contributed by atoms with E-state index in [1.54, 1.807) is 4.68 Å². The summed E-state index contributed by atoms with van der Waals surface area (Å²) in [5.41, 5.74) is 0.944. The molecule has 16 heavy (non-hydrogen) atoms. The highest BCUT2D eigenvalue weighted by molar-refractivity contribution is 5.77. The van der Waals surface area contributed by atoms with Crippen LogP contribution in [-0.2, 0) is 18.4 Å². The molecule has 0 saturated heterocycles. The van der Waals surface area contributed by atoms with Crippen molar-refractivity contribution in [1.82, 2.24) is 20.4 Å². The molecule has 0 aromatic carbocycles. The summed E-state index contributed by atoms with van der Waals surface area (Å²) in [4.78, 5) is 11.3. The molecule has 1 amide bonds. The molecule has 1 aromatic heterocycles. The van der Waals surface area contributed by atoms with Crippen LogP contribution in [0.15, 0.2) is 12.3 Å². The number of nitrogens with one attached hydrogen (secondary N) is 2. The van der Waals surface area contributed by atoms with E-state index in [2.05, 4.69) is 29.6 Å². The fraction of sp³-hybridized carbons (Fsp3) is 0.636. The van der Waals surface area contributed by atoms with Gasteiger partial charge in [-0.1, -0.05) is 13.8 Å². The van der Waals surface area contributed by atoms with Crippen molar-refractivity contribution < 1.29 is 4.79 Å². The smallest absolute Gasteiger partial charge is 0.233 e. The molecule has 1 heterocycles. The molecular formula is C11H20N4O. The van der Waals surface area contributed by atoms with Gasteiger partial charge in [-0.15, -0.1) is 0 Å². The lowest BCUT2D eigenvalue weighted by Gasteiger charge is -2.07. The van der Waals surface area contributed by atoms with Gasteiger partial charge >= 0.3 is 0 Å². The molecule has 5 nitrogen and oxygen atoms in total. The lowest BCUT2D eigenvalue weighted by atomic mass is 10.2. The maximum absolute atomic E-state index is 11.3. The van der Waals surface area contributed by atoms with Gasteiger partial charge in [0.05, 0.1) is 12.2 Å². The fourth-order valence-corrected chi connectivity index (χ4v) is 1.24. The molecular weight excluding hydrogens is 204 g/mol. The van der Waals surface area contributed by atoms with E-state index in [4.69, 9.17) is 0 Å². The van der Waals surface area contributed by atoms with Crippen molar-refractivity contribution in [1.29, 1.82) is 0 Å². The summed E-state index contributed by atoms with van der Waals surface area (Å²) in [5, 5.41) is 10.1. The zero-order valence-corrected chi connectivity index (χ0v) is 10.2. The van der Waals surface area contributed by atoms with Gasteiger partial charge in [-0.25, -0.2) is 0 Å². The van der Waals surface area contributed by atoms with Crippen molar-refractivity contribution in [2.45, 2.75) is 20.4 Å². The Kier molecular flexibility index (Phi) is 4.98. The molecule has 0 spiro atoms. The first kappa shape index (κ1) is 12.7. The van der Waals surface area contributed by atoms with Crippen molar-refractivity contribution in [3.63, 3.8) is 0 Å². The molecule has 0 unspecified atom stereocenters. The Morgan fingerprint density at radius 1 is 1.56 bits per heavy atom. The minimum Gasteiger partial charge on any atom is -0.355 e. The van der Waals surface area contributed by atoms with Gasteiger partial charge in [-0.05, 0) is 12.0 Å².